The van der Waals surface area contributed by atoms with E-state index in [9.17, 15) is 19.2 Å². The minimum absolute atomic E-state index is 0.139. The molecule has 9 heteroatoms. The maximum Gasteiger partial charge on any atom is 0.329 e. The lowest BCUT2D eigenvalue weighted by Gasteiger charge is -2.27. The van der Waals surface area contributed by atoms with Crippen LogP contribution < -0.4 is 15.4 Å². The Morgan fingerprint density at radius 2 is 1.24 bits per heavy atom. The van der Waals surface area contributed by atoms with E-state index in [4.69, 9.17) is 9.47 Å². The number of esters is 1. The number of rotatable bonds is 11. The zero-order valence-electron chi connectivity index (χ0n) is 27.0. The zero-order chi connectivity index (χ0) is 32.9. The minimum Gasteiger partial charge on any atom is -0.489 e. The van der Waals surface area contributed by atoms with Crippen molar-refractivity contribution in [2.75, 3.05) is 13.1 Å². The average molecular weight is 628 g/mol. The third-order valence-corrected chi connectivity index (χ3v) is 7.61. The summed E-state index contributed by atoms with van der Waals surface area (Å²) in [6.45, 7) is 6.73. The van der Waals surface area contributed by atoms with E-state index in [2.05, 4.69) is 10.6 Å². The van der Waals surface area contributed by atoms with Gasteiger partial charge in [-0.25, -0.2) is 4.79 Å². The van der Waals surface area contributed by atoms with Crippen molar-refractivity contribution in [2.45, 2.75) is 83.6 Å². The van der Waals surface area contributed by atoms with E-state index in [0.29, 0.717) is 25.4 Å². The minimum atomic E-state index is -1.09. The van der Waals surface area contributed by atoms with Gasteiger partial charge in [0.15, 0.2) is 0 Å². The molecule has 3 amide bonds. The van der Waals surface area contributed by atoms with Crippen molar-refractivity contribution >= 4 is 23.7 Å². The molecular formula is C37H45N3O6. The number of likely N-dealkylation sites (tertiary alicyclic amines) is 1. The Bertz CT molecular complexity index is 1430. The number of benzene rings is 3. The molecule has 3 aromatic carbocycles. The molecule has 46 heavy (non-hydrogen) atoms. The van der Waals surface area contributed by atoms with Crippen LogP contribution in [-0.4, -0.2) is 59.4 Å². The molecular weight excluding hydrogens is 582 g/mol. The molecule has 244 valence electrons. The third-order valence-electron chi connectivity index (χ3n) is 7.61. The number of amides is 3. The first kappa shape index (κ1) is 34.2. The van der Waals surface area contributed by atoms with Crippen molar-refractivity contribution in [1.29, 1.82) is 0 Å². The van der Waals surface area contributed by atoms with E-state index < -0.39 is 41.4 Å². The van der Waals surface area contributed by atoms with Gasteiger partial charge in [-0.15, -0.1) is 0 Å². The van der Waals surface area contributed by atoms with Gasteiger partial charge >= 0.3 is 17.8 Å². The number of nitrogens with zero attached hydrogens (tertiary/aromatic N) is 1. The van der Waals surface area contributed by atoms with Gasteiger partial charge in [0.05, 0.1) is 0 Å². The van der Waals surface area contributed by atoms with Crippen LogP contribution >= 0.6 is 0 Å². The van der Waals surface area contributed by atoms with Gasteiger partial charge in [0.25, 0.3) is 0 Å². The Kier molecular flexibility index (Phi) is 12.3. The van der Waals surface area contributed by atoms with Crippen LogP contribution in [0.1, 0.15) is 63.1 Å². The van der Waals surface area contributed by atoms with Crippen molar-refractivity contribution in [3.05, 3.63) is 102 Å². The lowest BCUT2D eigenvalue weighted by Crippen LogP contribution is -2.56. The van der Waals surface area contributed by atoms with Gasteiger partial charge in [-0.1, -0.05) is 85.6 Å². The van der Waals surface area contributed by atoms with E-state index in [0.717, 1.165) is 42.4 Å². The van der Waals surface area contributed by atoms with Crippen LogP contribution in [0.5, 0.6) is 5.75 Å². The van der Waals surface area contributed by atoms with Gasteiger partial charge in [-0.05, 0) is 62.4 Å². The fourth-order valence-electron chi connectivity index (χ4n) is 5.23. The normalized spacial score (nSPS) is 14.7. The van der Waals surface area contributed by atoms with Crippen LogP contribution in [0.25, 0.3) is 0 Å². The molecule has 3 aromatic rings. The maximum absolute atomic E-state index is 13.8. The molecule has 1 aliphatic heterocycles. The highest BCUT2D eigenvalue weighted by Crippen LogP contribution is 2.18. The molecule has 0 aromatic heterocycles. The summed E-state index contributed by atoms with van der Waals surface area (Å²) in [5.41, 5.74) is 1.84. The van der Waals surface area contributed by atoms with Gasteiger partial charge in [-0.3, -0.25) is 14.4 Å². The second-order valence-electron chi connectivity index (χ2n) is 12.6. The predicted molar refractivity (Wildman–Crippen MR) is 176 cm³/mol. The number of carbonyl (C=O) groups excluding carboxylic acids is 4. The van der Waals surface area contributed by atoms with Gasteiger partial charge in [0, 0.05) is 25.9 Å². The standard InChI is InChI=1S/C37H45N3O6/c1-37(2,3)46-36(44)32(25-28-18-20-30(21-19-28)45-26-29-16-10-7-11-17-29)39-33(41)31(24-27-14-8-6-9-15-27)38-34(42)35(43)40-22-12-4-5-13-23-40/h6-11,14-21,31-32H,4-5,12-13,22-26H2,1-3H3,(H,38,42)(H,39,41)/t31-,32-/m0/s1. The van der Waals surface area contributed by atoms with E-state index in [1.165, 1.54) is 0 Å². The smallest absolute Gasteiger partial charge is 0.329 e. The summed E-state index contributed by atoms with van der Waals surface area (Å²) >= 11 is 0. The Hall–Kier alpha value is -4.66. The monoisotopic (exact) mass is 627 g/mol. The molecule has 0 saturated carbocycles. The largest absolute Gasteiger partial charge is 0.489 e. The van der Waals surface area contributed by atoms with Crippen LogP contribution in [0.15, 0.2) is 84.9 Å². The lowest BCUT2D eigenvalue weighted by atomic mass is 10.0. The van der Waals surface area contributed by atoms with E-state index in [-0.39, 0.29) is 12.8 Å². The summed E-state index contributed by atoms with van der Waals surface area (Å²) in [5.74, 6) is -2.00. The van der Waals surface area contributed by atoms with Gasteiger partial charge in [0.2, 0.25) is 5.91 Å². The molecule has 1 heterocycles. The topological polar surface area (TPSA) is 114 Å². The van der Waals surface area contributed by atoms with Gasteiger partial charge < -0.3 is 25.0 Å². The average Bonchev–Trinajstić information content (AvgIpc) is 3.33. The highest BCUT2D eigenvalue weighted by atomic mass is 16.6. The zero-order valence-corrected chi connectivity index (χ0v) is 27.0. The second-order valence-corrected chi connectivity index (χ2v) is 12.6. The third kappa shape index (κ3) is 11.1. The van der Waals surface area contributed by atoms with Crippen molar-refractivity contribution < 1.29 is 28.7 Å². The summed E-state index contributed by atoms with van der Waals surface area (Å²) in [6.07, 6.45) is 3.99. The molecule has 1 saturated heterocycles. The SMILES string of the molecule is CC(C)(C)OC(=O)[C@H](Cc1ccc(OCc2ccccc2)cc1)NC(=O)[C@H](Cc1ccccc1)NC(=O)C(=O)N1CCCCCC1. The number of hydrogen-bond donors (Lipinski definition) is 2. The van der Waals surface area contributed by atoms with Crippen molar-refractivity contribution in [3.8, 4) is 5.75 Å². The van der Waals surface area contributed by atoms with Crippen molar-refractivity contribution in [1.82, 2.24) is 15.5 Å². The Morgan fingerprint density at radius 1 is 0.696 bits per heavy atom. The number of hydrogen-bond acceptors (Lipinski definition) is 6. The molecule has 0 aliphatic carbocycles. The fraction of sp³-hybridized carbons (Fsp3) is 0.405. The van der Waals surface area contributed by atoms with Crippen LogP contribution in [0, 0.1) is 0 Å². The van der Waals surface area contributed by atoms with Crippen LogP contribution in [0.3, 0.4) is 0 Å². The summed E-state index contributed by atoms with van der Waals surface area (Å²) in [6, 6.07) is 24.2. The molecule has 0 unspecified atom stereocenters. The molecule has 9 nitrogen and oxygen atoms in total. The quantitative estimate of drug-likeness (QED) is 0.234. The molecule has 0 bridgehead atoms. The Morgan fingerprint density at radius 3 is 1.83 bits per heavy atom. The van der Waals surface area contributed by atoms with E-state index in [1.807, 2.05) is 84.9 Å². The maximum atomic E-state index is 13.8. The molecule has 4 rings (SSSR count). The Balaban J connectivity index is 1.49. The van der Waals surface area contributed by atoms with Gasteiger partial charge in [0.1, 0.15) is 30.0 Å². The fourth-order valence-corrected chi connectivity index (χ4v) is 5.23. The second kappa shape index (κ2) is 16.6. The summed E-state index contributed by atoms with van der Waals surface area (Å²) < 4.78 is 11.6. The van der Waals surface area contributed by atoms with Crippen molar-refractivity contribution in [2.24, 2.45) is 0 Å². The molecule has 2 atom stereocenters. The number of nitrogens with one attached hydrogen (secondary N) is 2. The highest BCUT2D eigenvalue weighted by Gasteiger charge is 2.32. The first-order valence-electron chi connectivity index (χ1n) is 16.0. The molecule has 1 fully saturated rings. The number of ether oxygens (including phenoxy) is 2. The summed E-state index contributed by atoms with van der Waals surface area (Å²) in [4.78, 5) is 54.9. The number of carbonyl (C=O) groups is 4. The Labute approximate surface area is 271 Å². The van der Waals surface area contributed by atoms with Crippen LogP contribution in [0.2, 0.25) is 0 Å². The predicted octanol–water partition coefficient (Wildman–Crippen LogP) is 4.76. The van der Waals surface area contributed by atoms with Gasteiger partial charge in [-0.2, -0.15) is 0 Å². The lowest BCUT2D eigenvalue weighted by molar-refractivity contribution is -0.158. The van der Waals surface area contributed by atoms with E-state index >= 15 is 0 Å². The molecule has 0 spiro atoms. The molecule has 0 radical (unpaired) electrons. The molecule has 1 aliphatic rings. The first-order valence-corrected chi connectivity index (χ1v) is 16.0. The first-order chi connectivity index (χ1) is 22.1. The molecule has 2 N–H and O–H groups in total. The highest BCUT2D eigenvalue weighted by molar-refractivity contribution is 6.35. The van der Waals surface area contributed by atoms with Crippen LogP contribution in [0.4, 0.5) is 0 Å². The summed E-state index contributed by atoms with van der Waals surface area (Å²) in [5, 5.41) is 5.48. The van der Waals surface area contributed by atoms with Crippen LogP contribution in [-0.2, 0) is 43.4 Å². The van der Waals surface area contributed by atoms with Crippen molar-refractivity contribution in [3.63, 3.8) is 0 Å². The summed E-state index contributed by atoms with van der Waals surface area (Å²) in [7, 11) is 0. The van der Waals surface area contributed by atoms with E-state index in [1.54, 1.807) is 25.7 Å².